The Hall–Kier alpha value is -1.26. The molecule has 0 heterocycles. The van der Waals surface area contributed by atoms with Crippen molar-refractivity contribution in [2.24, 2.45) is 5.73 Å². The average Bonchev–Trinajstić information content (AvgIpc) is 2.45. The zero-order valence-corrected chi connectivity index (χ0v) is 12.3. The molecule has 4 N–H and O–H groups in total. The summed E-state index contributed by atoms with van der Waals surface area (Å²) in [6.45, 7) is 2.61. The highest BCUT2D eigenvalue weighted by molar-refractivity contribution is 5.54. The van der Waals surface area contributed by atoms with Crippen LogP contribution in [-0.4, -0.2) is 29.4 Å². The van der Waals surface area contributed by atoms with Crippen molar-refractivity contribution in [2.45, 2.75) is 51.1 Å². The second kappa shape index (κ2) is 6.95. The summed E-state index contributed by atoms with van der Waals surface area (Å²) in [6, 6.07) is 5.97. The number of nitrogens with zero attached hydrogens (tertiary/aromatic N) is 1. The molecule has 112 valence electrons. The van der Waals surface area contributed by atoms with Crippen molar-refractivity contribution in [2.75, 3.05) is 18.1 Å². The fourth-order valence-corrected chi connectivity index (χ4v) is 3.12. The van der Waals surface area contributed by atoms with Crippen LogP contribution in [0, 0.1) is 0 Å². The molecule has 1 aromatic rings. The Morgan fingerprint density at radius 1 is 1.30 bits per heavy atom. The standard InChI is InChI=1S/C16H26N2O2/c1-12(17)15-8-7-14(11-16(15)20)18(9-10-19)13-5-3-2-4-6-13/h7-8,11-13,19-20H,2-6,9-10,17H2,1H3. The highest BCUT2D eigenvalue weighted by Gasteiger charge is 2.22. The van der Waals surface area contributed by atoms with E-state index in [-0.39, 0.29) is 18.4 Å². The highest BCUT2D eigenvalue weighted by Crippen LogP contribution is 2.32. The van der Waals surface area contributed by atoms with Crippen LogP contribution >= 0.6 is 0 Å². The van der Waals surface area contributed by atoms with Gasteiger partial charge in [0, 0.05) is 35.9 Å². The minimum absolute atomic E-state index is 0.131. The monoisotopic (exact) mass is 278 g/mol. The molecule has 0 aromatic heterocycles. The number of phenols is 1. The van der Waals surface area contributed by atoms with Gasteiger partial charge in [-0.25, -0.2) is 0 Å². The Kier molecular flexibility index (Phi) is 5.26. The minimum Gasteiger partial charge on any atom is -0.508 e. The number of hydrogen-bond acceptors (Lipinski definition) is 4. The van der Waals surface area contributed by atoms with Gasteiger partial charge in [-0.15, -0.1) is 0 Å². The van der Waals surface area contributed by atoms with Crippen LogP contribution in [0.2, 0.25) is 0 Å². The van der Waals surface area contributed by atoms with Crippen LogP contribution < -0.4 is 10.6 Å². The van der Waals surface area contributed by atoms with Gasteiger partial charge in [0.25, 0.3) is 0 Å². The summed E-state index contributed by atoms with van der Waals surface area (Å²) >= 11 is 0. The molecule has 1 aliphatic carbocycles. The minimum atomic E-state index is -0.176. The van der Waals surface area contributed by atoms with Crippen molar-refractivity contribution in [3.8, 4) is 5.75 Å². The number of benzene rings is 1. The summed E-state index contributed by atoms with van der Waals surface area (Å²) in [7, 11) is 0. The molecule has 1 atom stereocenters. The Labute approximate surface area is 121 Å². The summed E-state index contributed by atoms with van der Waals surface area (Å²) < 4.78 is 0. The zero-order valence-electron chi connectivity index (χ0n) is 12.3. The van der Waals surface area contributed by atoms with E-state index in [0.717, 1.165) is 24.1 Å². The molecule has 1 aliphatic rings. The van der Waals surface area contributed by atoms with E-state index in [1.54, 1.807) is 6.07 Å². The predicted octanol–water partition coefficient (Wildman–Crippen LogP) is 2.54. The molecule has 20 heavy (non-hydrogen) atoms. The molecule has 2 rings (SSSR count). The summed E-state index contributed by atoms with van der Waals surface area (Å²) in [4.78, 5) is 2.23. The van der Waals surface area contributed by atoms with Gasteiger partial charge in [0.05, 0.1) is 6.61 Å². The van der Waals surface area contributed by atoms with E-state index < -0.39 is 0 Å². The van der Waals surface area contributed by atoms with Gasteiger partial charge in [-0.2, -0.15) is 0 Å². The first-order valence-corrected chi connectivity index (χ1v) is 7.59. The number of aromatic hydroxyl groups is 1. The Morgan fingerprint density at radius 3 is 2.55 bits per heavy atom. The van der Waals surface area contributed by atoms with Gasteiger partial charge in [-0.05, 0) is 25.8 Å². The molecule has 0 spiro atoms. The molecule has 0 bridgehead atoms. The summed E-state index contributed by atoms with van der Waals surface area (Å²) in [5.41, 5.74) is 7.57. The lowest BCUT2D eigenvalue weighted by Gasteiger charge is -2.36. The van der Waals surface area contributed by atoms with Crippen LogP contribution in [0.4, 0.5) is 5.69 Å². The first-order valence-electron chi connectivity index (χ1n) is 7.59. The van der Waals surface area contributed by atoms with E-state index in [9.17, 15) is 10.2 Å². The van der Waals surface area contributed by atoms with Crippen LogP contribution in [0.1, 0.15) is 50.6 Å². The molecule has 4 heteroatoms. The number of rotatable bonds is 5. The van der Waals surface area contributed by atoms with Gasteiger partial charge in [-0.1, -0.05) is 25.3 Å². The Balaban J connectivity index is 2.22. The van der Waals surface area contributed by atoms with Crippen molar-refractivity contribution in [3.05, 3.63) is 23.8 Å². The van der Waals surface area contributed by atoms with Crippen LogP contribution in [0.3, 0.4) is 0 Å². The third-order valence-corrected chi connectivity index (χ3v) is 4.19. The molecule has 4 nitrogen and oxygen atoms in total. The highest BCUT2D eigenvalue weighted by atomic mass is 16.3. The van der Waals surface area contributed by atoms with Gasteiger partial charge >= 0.3 is 0 Å². The second-order valence-electron chi connectivity index (χ2n) is 5.74. The van der Waals surface area contributed by atoms with Gasteiger partial charge in [0.1, 0.15) is 5.75 Å². The molecule has 0 amide bonds. The first kappa shape index (κ1) is 15.1. The van der Waals surface area contributed by atoms with Crippen LogP contribution in [0.5, 0.6) is 5.75 Å². The predicted molar refractivity (Wildman–Crippen MR) is 82.0 cm³/mol. The number of anilines is 1. The number of hydrogen-bond donors (Lipinski definition) is 3. The zero-order chi connectivity index (χ0) is 14.5. The van der Waals surface area contributed by atoms with Crippen molar-refractivity contribution < 1.29 is 10.2 Å². The Morgan fingerprint density at radius 2 is 2.00 bits per heavy atom. The maximum absolute atomic E-state index is 10.1. The van der Waals surface area contributed by atoms with Crippen LogP contribution in [0.15, 0.2) is 18.2 Å². The van der Waals surface area contributed by atoms with E-state index in [1.165, 1.54) is 19.3 Å². The summed E-state index contributed by atoms with van der Waals surface area (Å²) in [5.74, 6) is 0.247. The van der Waals surface area contributed by atoms with Crippen molar-refractivity contribution >= 4 is 5.69 Å². The molecule has 0 saturated heterocycles. The van der Waals surface area contributed by atoms with Crippen molar-refractivity contribution in [3.63, 3.8) is 0 Å². The van der Waals surface area contributed by atoms with Gasteiger partial charge in [0.2, 0.25) is 0 Å². The Bertz CT molecular complexity index is 428. The summed E-state index contributed by atoms with van der Waals surface area (Å²) in [5, 5.41) is 19.4. The SMILES string of the molecule is CC(N)c1ccc(N(CCO)C2CCCCC2)cc1O. The number of aliphatic hydroxyl groups is 1. The smallest absolute Gasteiger partial charge is 0.122 e. The molecule has 0 aliphatic heterocycles. The fraction of sp³-hybridized carbons (Fsp3) is 0.625. The van der Waals surface area contributed by atoms with Gasteiger partial charge in [-0.3, -0.25) is 0 Å². The van der Waals surface area contributed by atoms with Crippen molar-refractivity contribution in [1.82, 2.24) is 0 Å². The lowest BCUT2D eigenvalue weighted by molar-refractivity contribution is 0.290. The molecular weight excluding hydrogens is 252 g/mol. The third kappa shape index (κ3) is 3.44. The van der Waals surface area contributed by atoms with E-state index in [4.69, 9.17) is 5.73 Å². The normalized spacial score (nSPS) is 17.9. The first-order chi connectivity index (χ1) is 9.63. The quantitative estimate of drug-likeness (QED) is 0.774. The summed E-state index contributed by atoms with van der Waals surface area (Å²) in [6.07, 6.45) is 6.12. The van der Waals surface area contributed by atoms with E-state index in [1.807, 2.05) is 19.1 Å². The fourth-order valence-electron chi connectivity index (χ4n) is 3.12. The average molecular weight is 278 g/mol. The second-order valence-corrected chi connectivity index (χ2v) is 5.74. The number of aliphatic hydroxyl groups excluding tert-OH is 1. The maximum atomic E-state index is 10.1. The van der Waals surface area contributed by atoms with E-state index in [0.29, 0.717) is 12.6 Å². The van der Waals surface area contributed by atoms with E-state index >= 15 is 0 Å². The molecule has 1 aromatic carbocycles. The van der Waals surface area contributed by atoms with Gasteiger partial charge in [0.15, 0.2) is 0 Å². The molecular formula is C16H26N2O2. The lowest BCUT2D eigenvalue weighted by atomic mass is 9.93. The lowest BCUT2D eigenvalue weighted by Crippen LogP contribution is -2.38. The molecule has 0 radical (unpaired) electrons. The topological polar surface area (TPSA) is 69.7 Å². The van der Waals surface area contributed by atoms with Crippen molar-refractivity contribution in [1.29, 1.82) is 0 Å². The number of nitrogens with two attached hydrogens (primary N) is 1. The third-order valence-electron chi connectivity index (χ3n) is 4.19. The van der Waals surface area contributed by atoms with Crippen LogP contribution in [0.25, 0.3) is 0 Å². The molecule has 1 unspecified atom stereocenters. The molecule has 1 fully saturated rings. The van der Waals surface area contributed by atoms with Crippen LogP contribution in [-0.2, 0) is 0 Å². The number of phenolic OH excluding ortho intramolecular Hbond substituents is 1. The van der Waals surface area contributed by atoms with E-state index in [2.05, 4.69) is 4.90 Å². The largest absolute Gasteiger partial charge is 0.508 e. The molecule has 1 saturated carbocycles. The maximum Gasteiger partial charge on any atom is 0.122 e. The van der Waals surface area contributed by atoms with Gasteiger partial charge < -0.3 is 20.8 Å².